The Balaban J connectivity index is 2.48. The average molecular weight is 311 g/mol. The third kappa shape index (κ3) is 6.46. The molecule has 5 heteroatoms. The van der Waals surface area contributed by atoms with E-state index in [0.29, 0.717) is 24.4 Å². The van der Waals surface area contributed by atoms with E-state index >= 15 is 0 Å². The van der Waals surface area contributed by atoms with E-state index in [0.717, 1.165) is 6.42 Å². The second-order valence-electron chi connectivity index (χ2n) is 6.51. The lowest BCUT2D eigenvalue weighted by Crippen LogP contribution is -2.35. The minimum absolute atomic E-state index is 0.0107. The van der Waals surface area contributed by atoms with Gasteiger partial charge in [0.05, 0.1) is 18.5 Å². The average Bonchev–Trinajstić information content (AvgIpc) is 2.23. The second kappa shape index (κ2) is 7.28. The molecule has 4 unspecified atom stereocenters. The SMILES string of the molecule is CC1CCC(C(C)C)C(OCC(C)CS(=O)(=O)Cl)C1. The fourth-order valence-corrected chi connectivity index (χ4v) is 4.40. The maximum absolute atomic E-state index is 11.0. The quantitative estimate of drug-likeness (QED) is 0.703. The molecule has 4 atom stereocenters. The third-order valence-corrected chi connectivity index (χ3v) is 5.38. The molecule has 0 saturated heterocycles. The van der Waals surface area contributed by atoms with Gasteiger partial charge in [-0.15, -0.1) is 0 Å². The highest BCUT2D eigenvalue weighted by Crippen LogP contribution is 2.35. The standard InChI is InChI=1S/C14H27ClO3S/c1-10(2)13-6-5-11(3)7-14(13)18-8-12(4)9-19(15,16)17/h10-14H,5-9H2,1-4H3. The first-order valence-corrected chi connectivity index (χ1v) is 9.70. The third-order valence-electron chi connectivity index (χ3n) is 4.04. The number of rotatable bonds is 6. The molecule has 114 valence electrons. The van der Waals surface area contributed by atoms with Gasteiger partial charge in [0.25, 0.3) is 0 Å². The molecule has 1 aliphatic carbocycles. The summed E-state index contributed by atoms with van der Waals surface area (Å²) < 4.78 is 28.1. The van der Waals surface area contributed by atoms with Crippen molar-refractivity contribution in [3.8, 4) is 0 Å². The zero-order chi connectivity index (χ0) is 14.6. The van der Waals surface area contributed by atoms with Crippen LogP contribution in [0.2, 0.25) is 0 Å². The minimum atomic E-state index is -3.42. The molecule has 1 fully saturated rings. The Hall–Kier alpha value is 0.200. The maximum Gasteiger partial charge on any atom is 0.232 e. The molecule has 19 heavy (non-hydrogen) atoms. The van der Waals surface area contributed by atoms with Crippen LogP contribution in [0.4, 0.5) is 0 Å². The van der Waals surface area contributed by atoms with Crippen molar-refractivity contribution in [3.63, 3.8) is 0 Å². The number of ether oxygens (including phenoxy) is 1. The lowest BCUT2D eigenvalue weighted by atomic mass is 9.75. The summed E-state index contributed by atoms with van der Waals surface area (Å²) in [7, 11) is 1.84. The summed E-state index contributed by atoms with van der Waals surface area (Å²) in [6.07, 6.45) is 3.84. The van der Waals surface area contributed by atoms with E-state index in [1.165, 1.54) is 12.8 Å². The zero-order valence-corrected chi connectivity index (χ0v) is 14.0. The molecule has 0 bridgehead atoms. The normalized spacial score (nSPS) is 30.5. The molecule has 1 saturated carbocycles. The molecule has 0 spiro atoms. The first-order valence-electron chi connectivity index (χ1n) is 7.23. The first kappa shape index (κ1) is 17.3. The molecule has 1 rings (SSSR count). The second-order valence-corrected chi connectivity index (χ2v) is 9.33. The lowest BCUT2D eigenvalue weighted by Gasteiger charge is -2.37. The van der Waals surface area contributed by atoms with Gasteiger partial charge in [-0.2, -0.15) is 0 Å². The summed E-state index contributed by atoms with van der Waals surface area (Å²) in [5, 5.41) is 0. The van der Waals surface area contributed by atoms with Crippen molar-refractivity contribution in [2.75, 3.05) is 12.4 Å². The van der Waals surface area contributed by atoms with Gasteiger partial charge in [0, 0.05) is 10.7 Å². The summed E-state index contributed by atoms with van der Waals surface area (Å²) in [6, 6.07) is 0. The van der Waals surface area contributed by atoms with Crippen LogP contribution in [0, 0.1) is 23.7 Å². The van der Waals surface area contributed by atoms with Gasteiger partial charge in [-0.25, -0.2) is 8.42 Å². The van der Waals surface area contributed by atoms with Crippen LogP contribution in [-0.4, -0.2) is 26.9 Å². The molecule has 0 aromatic carbocycles. The van der Waals surface area contributed by atoms with Gasteiger partial charge in [0.15, 0.2) is 0 Å². The fourth-order valence-electron chi connectivity index (χ4n) is 2.98. The van der Waals surface area contributed by atoms with Crippen molar-refractivity contribution >= 4 is 19.7 Å². The van der Waals surface area contributed by atoms with Crippen molar-refractivity contribution < 1.29 is 13.2 Å². The first-order chi connectivity index (χ1) is 8.69. The molecule has 0 aliphatic heterocycles. The van der Waals surface area contributed by atoms with Crippen molar-refractivity contribution in [3.05, 3.63) is 0 Å². The topological polar surface area (TPSA) is 43.4 Å². The molecule has 0 aromatic heterocycles. The minimum Gasteiger partial charge on any atom is -0.378 e. The summed E-state index contributed by atoms with van der Waals surface area (Å²) in [6.45, 7) is 9.09. The van der Waals surface area contributed by atoms with Crippen LogP contribution in [0.15, 0.2) is 0 Å². The fraction of sp³-hybridized carbons (Fsp3) is 1.00. The Labute approximate surface area is 122 Å². The molecule has 3 nitrogen and oxygen atoms in total. The van der Waals surface area contributed by atoms with E-state index in [4.69, 9.17) is 15.4 Å². The van der Waals surface area contributed by atoms with Crippen molar-refractivity contribution in [1.29, 1.82) is 0 Å². The Kier molecular flexibility index (Phi) is 6.61. The smallest absolute Gasteiger partial charge is 0.232 e. The van der Waals surface area contributed by atoms with Gasteiger partial charge < -0.3 is 4.74 Å². The van der Waals surface area contributed by atoms with Gasteiger partial charge >= 0.3 is 0 Å². The highest BCUT2D eigenvalue weighted by Gasteiger charge is 2.31. The zero-order valence-electron chi connectivity index (χ0n) is 12.4. The van der Waals surface area contributed by atoms with Crippen LogP contribution in [0.1, 0.15) is 47.0 Å². The van der Waals surface area contributed by atoms with E-state index in [-0.39, 0.29) is 17.8 Å². The van der Waals surface area contributed by atoms with Crippen LogP contribution in [-0.2, 0) is 13.8 Å². The number of halogens is 1. The van der Waals surface area contributed by atoms with Gasteiger partial charge in [-0.05, 0) is 36.5 Å². The Morgan fingerprint density at radius 2 is 1.89 bits per heavy atom. The summed E-state index contributed by atoms with van der Waals surface area (Å²) in [5.74, 6) is 1.85. The van der Waals surface area contributed by atoms with Crippen LogP contribution in [0.3, 0.4) is 0 Å². The molecule has 0 amide bonds. The lowest BCUT2D eigenvalue weighted by molar-refractivity contribution is -0.0473. The Morgan fingerprint density at radius 3 is 2.42 bits per heavy atom. The highest BCUT2D eigenvalue weighted by molar-refractivity contribution is 8.13. The van der Waals surface area contributed by atoms with Gasteiger partial charge in [0.1, 0.15) is 0 Å². The molecule has 0 aromatic rings. The van der Waals surface area contributed by atoms with Gasteiger partial charge in [0.2, 0.25) is 9.05 Å². The number of hydrogen-bond acceptors (Lipinski definition) is 3. The van der Waals surface area contributed by atoms with Crippen LogP contribution in [0.25, 0.3) is 0 Å². The highest BCUT2D eigenvalue weighted by atomic mass is 35.7. The molecular weight excluding hydrogens is 284 g/mol. The summed E-state index contributed by atoms with van der Waals surface area (Å²) >= 11 is 0. The van der Waals surface area contributed by atoms with Crippen molar-refractivity contribution in [1.82, 2.24) is 0 Å². The van der Waals surface area contributed by atoms with Crippen LogP contribution < -0.4 is 0 Å². The molecular formula is C14H27ClO3S. The van der Waals surface area contributed by atoms with Crippen molar-refractivity contribution in [2.45, 2.75) is 53.1 Å². The Morgan fingerprint density at radius 1 is 1.26 bits per heavy atom. The number of hydrogen-bond donors (Lipinski definition) is 0. The molecule has 0 heterocycles. The van der Waals surface area contributed by atoms with Crippen LogP contribution in [0.5, 0.6) is 0 Å². The van der Waals surface area contributed by atoms with Crippen LogP contribution >= 0.6 is 10.7 Å². The predicted octanol–water partition coefficient (Wildman–Crippen LogP) is 3.67. The van der Waals surface area contributed by atoms with E-state index in [1.54, 1.807) is 0 Å². The summed E-state index contributed by atoms with van der Waals surface area (Å²) in [4.78, 5) is 0. The maximum atomic E-state index is 11.0. The van der Waals surface area contributed by atoms with Crippen molar-refractivity contribution in [2.24, 2.45) is 23.7 Å². The van der Waals surface area contributed by atoms with E-state index in [9.17, 15) is 8.42 Å². The van der Waals surface area contributed by atoms with E-state index < -0.39 is 9.05 Å². The monoisotopic (exact) mass is 310 g/mol. The predicted molar refractivity (Wildman–Crippen MR) is 79.9 cm³/mol. The Bertz CT molecular complexity index is 367. The molecule has 0 N–H and O–H groups in total. The largest absolute Gasteiger partial charge is 0.378 e. The van der Waals surface area contributed by atoms with Gasteiger partial charge in [-0.1, -0.05) is 34.1 Å². The summed E-state index contributed by atoms with van der Waals surface area (Å²) in [5.41, 5.74) is 0. The van der Waals surface area contributed by atoms with E-state index in [1.807, 2.05) is 6.92 Å². The molecule has 1 aliphatic rings. The van der Waals surface area contributed by atoms with E-state index in [2.05, 4.69) is 20.8 Å². The molecule has 0 radical (unpaired) electrons. The van der Waals surface area contributed by atoms with Gasteiger partial charge in [-0.3, -0.25) is 0 Å².